The Hall–Kier alpha value is -1.75. The molecule has 2 rings (SSSR count). The summed E-state index contributed by atoms with van der Waals surface area (Å²) in [7, 11) is 0. The number of carbonyl (C=O) groups is 1. The van der Waals surface area contributed by atoms with Crippen molar-refractivity contribution in [3.05, 3.63) is 23.3 Å². The normalized spacial score (nSPS) is 14.3. The first-order chi connectivity index (χ1) is 8.43. The van der Waals surface area contributed by atoms with E-state index >= 15 is 0 Å². The molecule has 1 heterocycles. The van der Waals surface area contributed by atoms with E-state index in [1.54, 1.807) is 6.07 Å². The Kier molecular flexibility index (Phi) is 3.17. The molecule has 0 saturated heterocycles. The number of hydrogen-bond acceptors (Lipinski definition) is 4. The largest absolute Gasteiger partial charge is 0.397 e. The van der Waals surface area contributed by atoms with Gasteiger partial charge in [-0.2, -0.15) is 0 Å². The van der Waals surface area contributed by atoms with E-state index < -0.39 is 0 Å². The number of amides is 1. The molecule has 0 spiro atoms. The van der Waals surface area contributed by atoms with Gasteiger partial charge in [-0.05, 0) is 38.0 Å². The van der Waals surface area contributed by atoms with Gasteiger partial charge in [0.1, 0.15) is 0 Å². The highest BCUT2D eigenvalue weighted by atomic mass is 16.3. The zero-order valence-corrected chi connectivity index (χ0v) is 10.7. The first-order valence-electron chi connectivity index (χ1n) is 6.02. The second-order valence-electron chi connectivity index (χ2n) is 5.26. The van der Waals surface area contributed by atoms with Gasteiger partial charge in [-0.1, -0.05) is 0 Å². The third-order valence-electron chi connectivity index (χ3n) is 3.17. The smallest absolute Gasteiger partial charge is 0.251 e. The molecule has 1 aliphatic heterocycles. The number of nitrogens with two attached hydrogens (primary N) is 1. The summed E-state index contributed by atoms with van der Waals surface area (Å²) in [6, 6.07) is 3.61. The van der Waals surface area contributed by atoms with Crippen molar-refractivity contribution in [2.45, 2.75) is 32.4 Å². The van der Waals surface area contributed by atoms with Crippen LogP contribution < -0.4 is 16.4 Å². The Morgan fingerprint density at radius 1 is 1.50 bits per heavy atom. The summed E-state index contributed by atoms with van der Waals surface area (Å²) in [6.45, 7) is 4.66. The van der Waals surface area contributed by atoms with Gasteiger partial charge in [-0.3, -0.25) is 4.79 Å². The number of nitrogens with one attached hydrogen (secondary N) is 2. The molecule has 0 saturated carbocycles. The number of hydrogen-bond donors (Lipinski definition) is 4. The molecule has 0 aromatic heterocycles. The van der Waals surface area contributed by atoms with Gasteiger partial charge in [-0.25, -0.2) is 0 Å². The Labute approximate surface area is 106 Å². The predicted octanol–water partition coefficient (Wildman–Crippen LogP) is 1.09. The SMILES string of the molecule is CC(C)(CCO)Nc1cc2c(cc1N)C(=O)NC2. The molecule has 0 atom stereocenters. The van der Waals surface area contributed by atoms with Gasteiger partial charge in [0, 0.05) is 24.3 Å². The molecule has 0 radical (unpaired) electrons. The van der Waals surface area contributed by atoms with E-state index in [0.29, 0.717) is 24.2 Å². The molecule has 1 aromatic rings. The lowest BCUT2D eigenvalue weighted by Crippen LogP contribution is -2.32. The first kappa shape index (κ1) is 12.7. The molecule has 1 aliphatic rings. The summed E-state index contributed by atoms with van der Waals surface area (Å²) in [5.41, 5.74) is 8.68. The van der Waals surface area contributed by atoms with Gasteiger partial charge in [0.25, 0.3) is 5.91 Å². The maximum Gasteiger partial charge on any atom is 0.251 e. The molecule has 5 N–H and O–H groups in total. The van der Waals surface area contributed by atoms with Gasteiger partial charge in [0.2, 0.25) is 0 Å². The highest BCUT2D eigenvalue weighted by Gasteiger charge is 2.23. The van der Waals surface area contributed by atoms with Gasteiger partial charge in [0.15, 0.2) is 0 Å². The van der Waals surface area contributed by atoms with E-state index in [9.17, 15) is 4.79 Å². The van der Waals surface area contributed by atoms with Crippen LogP contribution in [0.5, 0.6) is 0 Å². The molecular weight excluding hydrogens is 230 g/mol. The van der Waals surface area contributed by atoms with Crippen molar-refractivity contribution in [3.8, 4) is 0 Å². The topological polar surface area (TPSA) is 87.4 Å². The minimum atomic E-state index is -0.243. The van der Waals surface area contributed by atoms with Crippen molar-refractivity contribution in [2.75, 3.05) is 17.7 Å². The average molecular weight is 249 g/mol. The van der Waals surface area contributed by atoms with Gasteiger partial charge < -0.3 is 21.5 Å². The molecule has 0 unspecified atom stereocenters. The summed E-state index contributed by atoms with van der Waals surface area (Å²) in [5.74, 6) is -0.0714. The van der Waals surface area contributed by atoms with Gasteiger partial charge in [-0.15, -0.1) is 0 Å². The quantitative estimate of drug-likeness (QED) is 0.601. The molecule has 0 bridgehead atoms. The number of aliphatic hydroxyl groups is 1. The number of fused-ring (bicyclic) bond motifs is 1. The molecule has 5 nitrogen and oxygen atoms in total. The van der Waals surface area contributed by atoms with Crippen LogP contribution in [-0.2, 0) is 6.54 Å². The highest BCUT2D eigenvalue weighted by Crippen LogP contribution is 2.29. The standard InChI is InChI=1S/C13H19N3O2/c1-13(2,3-4-17)16-11-5-8-7-15-12(18)9(8)6-10(11)14/h5-6,16-17H,3-4,7,14H2,1-2H3,(H,15,18). The summed E-state index contributed by atoms with van der Waals surface area (Å²) in [6.07, 6.45) is 0.626. The monoisotopic (exact) mass is 249 g/mol. The van der Waals surface area contributed by atoms with E-state index in [-0.39, 0.29) is 18.1 Å². The summed E-state index contributed by atoms with van der Waals surface area (Å²) < 4.78 is 0. The first-order valence-corrected chi connectivity index (χ1v) is 6.02. The lowest BCUT2D eigenvalue weighted by atomic mass is 9.99. The Bertz CT molecular complexity index is 483. The van der Waals surface area contributed by atoms with E-state index in [2.05, 4.69) is 10.6 Å². The number of aliphatic hydroxyl groups excluding tert-OH is 1. The second-order valence-corrected chi connectivity index (χ2v) is 5.26. The number of rotatable bonds is 4. The molecule has 1 aromatic carbocycles. The van der Waals surface area contributed by atoms with Gasteiger partial charge in [0.05, 0.1) is 11.4 Å². The van der Waals surface area contributed by atoms with Crippen LogP contribution in [0, 0.1) is 0 Å². The van der Waals surface area contributed by atoms with Crippen LogP contribution in [0.15, 0.2) is 12.1 Å². The molecule has 5 heteroatoms. The molecule has 0 fully saturated rings. The molecule has 0 aliphatic carbocycles. The fourth-order valence-corrected chi connectivity index (χ4v) is 2.10. The molecule has 18 heavy (non-hydrogen) atoms. The minimum absolute atomic E-state index is 0.0714. The lowest BCUT2D eigenvalue weighted by Gasteiger charge is -2.27. The van der Waals surface area contributed by atoms with Crippen LogP contribution in [0.4, 0.5) is 11.4 Å². The second kappa shape index (κ2) is 4.49. The van der Waals surface area contributed by atoms with Crippen molar-refractivity contribution in [3.63, 3.8) is 0 Å². The van der Waals surface area contributed by atoms with Gasteiger partial charge >= 0.3 is 0 Å². The maximum absolute atomic E-state index is 11.5. The summed E-state index contributed by atoms with van der Waals surface area (Å²) in [4.78, 5) is 11.5. The third-order valence-corrected chi connectivity index (χ3v) is 3.17. The minimum Gasteiger partial charge on any atom is -0.397 e. The molecular formula is C13H19N3O2. The van der Waals surface area contributed by atoms with E-state index in [1.165, 1.54) is 0 Å². The van der Waals surface area contributed by atoms with Crippen LogP contribution in [0.25, 0.3) is 0 Å². The number of carbonyl (C=O) groups excluding carboxylic acids is 1. The van der Waals surface area contributed by atoms with E-state index in [0.717, 1.165) is 11.3 Å². The highest BCUT2D eigenvalue weighted by molar-refractivity contribution is 6.00. The van der Waals surface area contributed by atoms with Crippen LogP contribution in [0.2, 0.25) is 0 Å². The molecule has 98 valence electrons. The van der Waals surface area contributed by atoms with Crippen LogP contribution in [0.1, 0.15) is 36.2 Å². The van der Waals surface area contributed by atoms with Crippen molar-refractivity contribution < 1.29 is 9.90 Å². The van der Waals surface area contributed by atoms with Crippen molar-refractivity contribution in [1.82, 2.24) is 5.32 Å². The Balaban J connectivity index is 2.28. The maximum atomic E-state index is 11.5. The van der Waals surface area contributed by atoms with Crippen molar-refractivity contribution >= 4 is 17.3 Å². The average Bonchev–Trinajstić information content (AvgIpc) is 2.60. The Morgan fingerprint density at radius 3 is 2.89 bits per heavy atom. The number of nitrogen functional groups attached to an aromatic ring is 1. The van der Waals surface area contributed by atoms with E-state index in [1.807, 2.05) is 19.9 Å². The van der Waals surface area contributed by atoms with Crippen LogP contribution in [-0.4, -0.2) is 23.2 Å². The predicted molar refractivity (Wildman–Crippen MR) is 71.4 cm³/mol. The zero-order valence-electron chi connectivity index (χ0n) is 10.7. The van der Waals surface area contributed by atoms with Crippen LogP contribution in [0.3, 0.4) is 0 Å². The molecule has 1 amide bonds. The fraction of sp³-hybridized carbons (Fsp3) is 0.462. The Morgan fingerprint density at radius 2 is 2.22 bits per heavy atom. The summed E-state index contributed by atoms with van der Waals surface area (Å²) in [5, 5.41) is 15.1. The summed E-state index contributed by atoms with van der Waals surface area (Å²) >= 11 is 0. The number of benzene rings is 1. The lowest BCUT2D eigenvalue weighted by molar-refractivity contribution is 0.0966. The fourth-order valence-electron chi connectivity index (χ4n) is 2.10. The zero-order chi connectivity index (χ0) is 13.3. The van der Waals surface area contributed by atoms with Crippen molar-refractivity contribution in [1.29, 1.82) is 0 Å². The van der Waals surface area contributed by atoms with Crippen LogP contribution >= 0.6 is 0 Å². The number of anilines is 2. The third kappa shape index (κ3) is 2.41. The van der Waals surface area contributed by atoms with E-state index in [4.69, 9.17) is 10.8 Å². The van der Waals surface area contributed by atoms with Crippen molar-refractivity contribution in [2.24, 2.45) is 0 Å².